The lowest BCUT2D eigenvalue weighted by Crippen LogP contribution is -2.36. The number of rotatable bonds is 10. The number of benzene rings is 1. The summed E-state index contributed by atoms with van der Waals surface area (Å²) in [5.41, 5.74) is 0.955. The number of furan rings is 1. The van der Waals surface area contributed by atoms with E-state index in [4.69, 9.17) is 18.6 Å². The summed E-state index contributed by atoms with van der Waals surface area (Å²) < 4.78 is 21.7. The third-order valence-electron chi connectivity index (χ3n) is 5.31. The van der Waals surface area contributed by atoms with Crippen LogP contribution in [0.3, 0.4) is 0 Å². The van der Waals surface area contributed by atoms with E-state index in [-0.39, 0.29) is 11.9 Å². The number of aryl methyl sites for hydroxylation is 1. The van der Waals surface area contributed by atoms with E-state index in [9.17, 15) is 4.79 Å². The Balaban J connectivity index is 1.58. The molecule has 1 aromatic carbocycles. The molecule has 158 valence electrons. The molecule has 29 heavy (non-hydrogen) atoms. The monoisotopic (exact) mass is 402 g/mol. The molecule has 0 aliphatic carbocycles. The first-order chi connectivity index (χ1) is 14.2. The smallest absolute Gasteiger partial charge is 0.220 e. The van der Waals surface area contributed by atoms with Gasteiger partial charge in [-0.1, -0.05) is 0 Å². The number of likely N-dealkylation sites (tertiary alicyclic amines) is 1. The first kappa shape index (κ1) is 21.0. The average molecular weight is 402 g/mol. The molecule has 1 N–H and O–H groups in total. The Kier molecular flexibility index (Phi) is 7.41. The van der Waals surface area contributed by atoms with Gasteiger partial charge >= 0.3 is 0 Å². The highest BCUT2D eigenvalue weighted by Crippen LogP contribution is 2.38. The minimum absolute atomic E-state index is 0.00880. The van der Waals surface area contributed by atoms with Crippen molar-refractivity contribution < 1.29 is 23.4 Å². The number of carbonyl (C=O) groups is 1. The zero-order valence-electron chi connectivity index (χ0n) is 17.4. The summed E-state index contributed by atoms with van der Waals surface area (Å²) in [7, 11) is 4.74. The van der Waals surface area contributed by atoms with Crippen molar-refractivity contribution in [3.8, 4) is 17.2 Å². The number of methoxy groups -OCH3 is 3. The second-order valence-corrected chi connectivity index (χ2v) is 7.11. The van der Waals surface area contributed by atoms with Crippen LogP contribution in [-0.4, -0.2) is 51.8 Å². The largest absolute Gasteiger partial charge is 0.493 e. The Bertz CT molecular complexity index is 760. The number of ether oxygens (including phenoxy) is 3. The number of nitrogens with zero attached hydrogens (tertiary/aromatic N) is 1. The van der Waals surface area contributed by atoms with Gasteiger partial charge in [-0.25, -0.2) is 0 Å². The molecule has 3 rings (SSSR count). The van der Waals surface area contributed by atoms with Gasteiger partial charge in [-0.3, -0.25) is 9.69 Å². The highest BCUT2D eigenvalue weighted by Gasteiger charge is 2.25. The van der Waals surface area contributed by atoms with Crippen molar-refractivity contribution in [1.82, 2.24) is 10.2 Å². The number of carbonyl (C=O) groups excluding carboxylic acids is 1. The van der Waals surface area contributed by atoms with Crippen molar-refractivity contribution in [3.05, 3.63) is 41.9 Å². The highest BCUT2D eigenvalue weighted by molar-refractivity contribution is 5.76. The predicted molar refractivity (Wildman–Crippen MR) is 110 cm³/mol. The highest BCUT2D eigenvalue weighted by atomic mass is 16.5. The van der Waals surface area contributed by atoms with Crippen LogP contribution in [0.25, 0.3) is 0 Å². The Morgan fingerprint density at radius 1 is 1.14 bits per heavy atom. The minimum Gasteiger partial charge on any atom is -0.493 e. The van der Waals surface area contributed by atoms with Gasteiger partial charge in [0.1, 0.15) is 5.76 Å². The molecule has 0 saturated carbocycles. The molecular weight excluding hydrogens is 372 g/mol. The van der Waals surface area contributed by atoms with Crippen molar-refractivity contribution in [2.45, 2.75) is 31.7 Å². The lowest BCUT2D eigenvalue weighted by atomic mass is 10.1. The van der Waals surface area contributed by atoms with Crippen LogP contribution in [0, 0.1) is 0 Å². The molecule has 0 spiro atoms. The maximum absolute atomic E-state index is 12.5. The summed E-state index contributed by atoms with van der Waals surface area (Å²) >= 11 is 0. The van der Waals surface area contributed by atoms with Crippen LogP contribution in [0.15, 0.2) is 34.9 Å². The van der Waals surface area contributed by atoms with E-state index >= 15 is 0 Å². The van der Waals surface area contributed by atoms with Crippen molar-refractivity contribution in [2.75, 3.05) is 41.0 Å². The van der Waals surface area contributed by atoms with Gasteiger partial charge < -0.3 is 23.9 Å². The molecule has 1 aliphatic heterocycles. The second kappa shape index (κ2) is 10.2. The zero-order chi connectivity index (χ0) is 20.6. The zero-order valence-corrected chi connectivity index (χ0v) is 17.4. The molecule has 2 heterocycles. The van der Waals surface area contributed by atoms with E-state index in [0.717, 1.165) is 24.4 Å². The molecule has 0 radical (unpaired) electrons. The summed E-state index contributed by atoms with van der Waals surface area (Å²) in [5.74, 6) is 2.64. The first-order valence-corrected chi connectivity index (χ1v) is 9.99. The maximum atomic E-state index is 12.5. The quantitative estimate of drug-likeness (QED) is 0.658. The molecule has 1 aliphatic rings. The molecular formula is C22H30N2O5. The Morgan fingerprint density at radius 2 is 1.83 bits per heavy atom. The first-order valence-electron chi connectivity index (χ1n) is 9.99. The second-order valence-electron chi connectivity index (χ2n) is 7.11. The van der Waals surface area contributed by atoms with Gasteiger partial charge in [0.2, 0.25) is 11.7 Å². The third-order valence-corrected chi connectivity index (χ3v) is 5.31. The summed E-state index contributed by atoms with van der Waals surface area (Å²) in [5, 5.41) is 3.07. The van der Waals surface area contributed by atoms with Gasteiger partial charge in [-0.05, 0) is 62.2 Å². The maximum Gasteiger partial charge on any atom is 0.220 e. The molecule has 0 bridgehead atoms. The third kappa shape index (κ3) is 5.23. The molecule has 1 atom stereocenters. The van der Waals surface area contributed by atoms with Crippen LogP contribution in [0.5, 0.6) is 17.2 Å². The van der Waals surface area contributed by atoms with Crippen molar-refractivity contribution in [3.63, 3.8) is 0 Å². The fourth-order valence-corrected chi connectivity index (χ4v) is 3.78. The Hall–Kier alpha value is -2.67. The standard InChI is InChI=1S/C22H30N2O5/c1-26-19-13-16(14-20(27-2)22(19)28-3)8-9-21(25)23-15-17(18-7-6-12-29-18)24-10-4-5-11-24/h6-7,12-14,17H,4-5,8-11,15H2,1-3H3,(H,23,25)/t17-/m0/s1. The van der Waals surface area contributed by atoms with Crippen molar-refractivity contribution in [2.24, 2.45) is 0 Å². The van der Waals surface area contributed by atoms with Crippen LogP contribution in [0.4, 0.5) is 0 Å². The molecule has 1 amide bonds. The average Bonchev–Trinajstić information content (AvgIpc) is 3.46. The van der Waals surface area contributed by atoms with E-state index in [1.165, 1.54) is 12.8 Å². The van der Waals surface area contributed by atoms with Crippen molar-refractivity contribution in [1.29, 1.82) is 0 Å². The topological polar surface area (TPSA) is 73.2 Å². The summed E-state index contributed by atoms with van der Waals surface area (Å²) in [6, 6.07) is 7.71. The summed E-state index contributed by atoms with van der Waals surface area (Å²) in [4.78, 5) is 14.9. The lowest BCUT2D eigenvalue weighted by molar-refractivity contribution is -0.121. The van der Waals surface area contributed by atoms with Crippen LogP contribution in [0.2, 0.25) is 0 Å². The minimum atomic E-state index is 0.00880. The van der Waals surface area contributed by atoms with Crippen molar-refractivity contribution >= 4 is 5.91 Å². The van der Waals surface area contributed by atoms with Gasteiger partial charge in [0.05, 0.1) is 33.6 Å². The van der Waals surface area contributed by atoms with E-state index in [1.807, 2.05) is 24.3 Å². The predicted octanol–water partition coefficient (Wildman–Crippen LogP) is 3.19. The lowest BCUT2D eigenvalue weighted by Gasteiger charge is -2.26. The van der Waals surface area contributed by atoms with Gasteiger partial charge in [0.15, 0.2) is 11.5 Å². The van der Waals surface area contributed by atoms with E-state index < -0.39 is 0 Å². The molecule has 7 nitrogen and oxygen atoms in total. The Labute approximate surface area is 171 Å². The normalized spacial score (nSPS) is 15.1. The van der Waals surface area contributed by atoms with Gasteiger partial charge in [-0.15, -0.1) is 0 Å². The molecule has 1 saturated heterocycles. The Morgan fingerprint density at radius 3 is 2.38 bits per heavy atom. The van der Waals surface area contributed by atoms with E-state index in [2.05, 4.69) is 10.2 Å². The molecule has 0 unspecified atom stereocenters. The number of amides is 1. The van der Waals surface area contributed by atoms with E-state index in [0.29, 0.717) is 36.6 Å². The van der Waals surface area contributed by atoms with Crippen LogP contribution < -0.4 is 19.5 Å². The van der Waals surface area contributed by atoms with Gasteiger partial charge in [-0.2, -0.15) is 0 Å². The van der Waals surface area contributed by atoms with E-state index in [1.54, 1.807) is 27.6 Å². The molecule has 1 aromatic heterocycles. The summed E-state index contributed by atoms with van der Waals surface area (Å²) in [6.45, 7) is 2.61. The van der Waals surface area contributed by atoms with Crippen LogP contribution in [-0.2, 0) is 11.2 Å². The molecule has 2 aromatic rings. The number of hydrogen-bond donors (Lipinski definition) is 1. The summed E-state index contributed by atoms with van der Waals surface area (Å²) in [6.07, 6.45) is 5.02. The fraction of sp³-hybridized carbons (Fsp3) is 0.500. The molecule has 7 heteroatoms. The van der Waals surface area contributed by atoms with Gasteiger partial charge in [0, 0.05) is 13.0 Å². The SMILES string of the molecule is COc1cc(CCC(=O)NC[C@@H](c2ccco2)N2CCCC2)cc(OC)c1OC. The van der Waals surface area contributed by atoms with Gasteiger partial charge in [0.25, 0.3) is 0 Å². The van der Waals surface area contributed by atoms with Crippen LogP contribution >= 0.6 is 0 Å². The number of hydrogen-bond acceptors (Lipinski definition) is 6. The number of nitrogens with one attached hydrogen (secondary N) is 1. The fourth-order valence-electron chi connectivity index (χ4n) is 3.78. The van der Waals surface area contributed by atoms with Crippen LogP contribution in [0.1, 0.15) is 36.6 Å². The molecule has 1 fully saturated rings.